The maximum atomic E-state index is 10.6. The molecule has 9 nitrogen and oxygen atoms in total. The minimum Gasteiger partial charge on any atom is -0.438 e. The van der Waals surface area contributed by atoms with Crippen molar-refractivity contribution in [2.75, 3.05) is 26.9 Å². The second-order valence-electron chi connectivity index (χ2n) is 10.6. The quantitative estimate of drug-likeness (QED) is 0.448. The highest BCUT2D eigenvalue weighted by atomic mass is 16.7. The molecule has 1 aromatic heterocycles. The molecule has 1 aromatic rings. The third-order valence-electron chi connectivity index (χ3n) is 2.88. The zero-order chi connectivity index (χ0) is 25.6. The van der Waals surface area contributed by atoms with E-state index in [1.165, 1.54) is 13.4 Å². The summed E-state index contributed by atoms with van der Waals surface area (Å²) in [4.78, 5) is 31.5. The summed E-state index contributed by atoms with van der Waals surface area (Å²) in [6, 6.07) is 0. The van der Waals surface area contributed by atoms with Gasteiger partial charge in [0.15, 0.2) is 0 Å². The van der Waals surface area contributed by atoms with Crippen LogP contribution in [0.5, 0.6) is 0 Å². The molecule has 0 saturated heterocycles. The molecule has 196 valence electrons. The van der Waals surface area contributed by atoms with E-state index in [0.717, 1.165) is 6.42 Å². The molecule has 9 heteroatoms. The number of methoxy groups -OCH3 is 1. The van der Waals surface area contributed by atoms with Gasteiger partial charge < -0.3 is 27.8 Å². The van der Waals surface area contributed by atoms with Gasteiger partial charge >= 0.3 is 18.1 Å². The van der Waals surface area contributed by atoms with Crippen molar-refractivity contribution >= 4 is 12.3 Å². The first kappa shape index (κ1) is 35.1. The van der Waals surface area contributed by atoms with E-state index in [1.807, 2.05) is 41.5 Å². The van der Waals surface area contributed by atoms with Gasteiger partial charge in [-0.15, -0.1) is 0 Å². The van der Waals surface area contributed by atoms with Gasteiger partial charge in [-0.2, -0.15) is 0 Å². The lowest BCUT2D eigenvalue weighted by molar-refractivity contribution is 0.0362. The highest BCUT2D eigenvalue weighted by molar-refractivity contribution is 5.59. The van der Waals surface area contributed by atoms with Crippen molar-refractivity contribution in [3.8, 4) is 0 Å². The summed E-state index contributed by atoms with van der Waals surface area (Å²) in [6.45, 7) is 21.0. The van der Waals surface area contributed by atoms with Gasteiger partial charge in [-0.3, -0.25) is 0 Å². The maximum Gasteiger partial charge on any atom is 0.518 e. The lowest BCUT2D eigenvalue weighted by Gasteiger charge is -2.16. The summed E-state index contributed by atoms with van der Waals surface area (Å²) < 4.78 is 27.6. The molecule has 0 aliphatic carbocycles. The topological polar surface area (TPSA) is 114 Å². The summed E-state index contributed by atoms with van der Waals surface area (Å²) in [7, 11) is 1.30. The van der Waals surface area contributed by atoms with E-state index < -0.39 is 18.1 Å². The fraction of sp³-hybridized carbons (Fsp3) is 0.792. The van der Waals surface area contributed by atoms with Crippen LogP contribution in [-0.2, 0) is 25.4 Å². The summed E-state index contributed by atoms with van der Waals surface area (Å²) in [5.41, 5.74) is 0.140. The standard InChI is InChI=1S/C8H12O3.C8H16O3.C7H14O3.CH4/c1-8(2,3)4-6-5-10-7(9)11-6;1-5-10-7(9)11-6-8(2,3)4;1-7(2,3)5-10-6(8)9-4;/h5H,4H2,1-3H3;5-6H2,1-4H3;5H2,1-4H3;1H4. The number of hydrogen-bond acceptors (Lipinski definition) is 9. The molecule has 0 aliphatic heterocycles. The molecular weight excluding hydrogens is 432 g/mol. The molecule has 0 aliphatic rings. The van der Waals surface area contributed by atoms with Crippen molar-refractivity contribution < 1.29 is 37.4 Å². The van der Waals surface area contributed by atoms with Crippen LogP contribution in [0.15, 0.2) is 19.9 Å². The molecule has 0 saturated carbocycles. The van der Waals surface area contributed by atoms with Crippen LogP contribution in [0.4, 0.5) is 9.59 Å². The van der Waals surface area contributed by atoms with Crippen molar-refractivity contribution in [2.24, 2.45) is 16.2 Å². The van der Waals surface area contributed by atoms with E-state index in [9.17, 15) is 14.4 Å². The number of ether oxygens (including phenoxy) is 4. The summed E-state index contributed by atoms with van der Waals surface area (Å²) in [6.07, 6.45) is 0.893. The molecule has 0 radical (unpaired) electrons. The molecule has 33 heavy (non-hydrogen) atoms. The van der Waals surface area contributed by atoms with E-state index in [2.05, 4.69) is 34.7 Å². The van der Waals surface area contributed by atoms with Gasteiger partial charge in [0.25, 0.3) is 0 Å². The van der Waals surface area contributed by atoms with Gasteiger partial charge in [-0.05, 0) is 23.2 Å². The van der Waals surface area contributed by atoms with Crippen LogP contribution < -0.4 is 5.82 Å². The predicted octanol–water partition coefficient (Wildman–Crippen LogP) is 6.48. The van der Waals surface area contributed by atoms with Crippen molar-refractivity contribution in [2.45, 2.75) is 83.1 Å². The Morgan fingerprint density at radius 3 is 1.58 bits per heavy atom. The van der Waals surface area contributed by atoms with Crippen LogP contribution >= 0.6 is 0 Å². The molecule has 0 unspecified atom stereocenters. The first-order chi connectivity index (χ1) is 14.4. The van der Waals surface area contributed by atoms with Crippen LogP contribution in [0.1, 0.15) is 82.4 Å². The first-order valence-electron chi connectivity index (χ1n) is 10.5. The van der Waals surface area contributed by atoms with Crippen LogP contribution in [-0.4, -0.2) is 39.2 Å². The summed E-state index contributed by atoms with van der Waals surface area (Å²) >= 11 is 0. The Morgan fingerprint density at radius 1 is 0.818 bits per heavy atom. The highest BCUT2D eigenvalue weighted by Crippen LogP contribution is 2.19. The van der Waals surface area contributed by atoms with Gasteiger partial charge in [0.05, 0.1) is 26.9 Å². The minimum atomic E-state index is -0.621. The second kappa shape index (κ2) is 16.2. The number of carbonyl (C=O) groups excluding carboxylic acids is 2. The molecule has 0 amide bonds. The Bertz CT molecular complexity index is 695. The van der Waals surface area contributed by atoms with Gasteiger partial charge in [0, 0.05) is 6.42 Å². The van der Waals surface area contributed by atoms with Gasteiger partial charge in [-0.1, -0.05) is 69.7 Å². The molecular formula is C24H46O9. The van der Waals surface area contributed by atoms with Crippen LogP contribution in [0.2, 0.25) is 0 Å². The zero-order valence-electron chi connectivity index (χ0n) is 21.6. The van der Waals surface area contributed by atoms with Crippen molar-refractivity contribution in [3.05, 3.63) is 22.6 Å². The van der Waals surface area contributed by atoms with Crippen molar-refractivity contribution in [1.82, 2.24) is 0 Å². The van der Waals surface area contributed by atoms with E-state index >= 15 is 0 Å². The third-order valence-corrected chi connectivity index (χ3v) is 2.88. The number of rotatable bonds is 4. The predicted molar refractivity (Wildman–Crippen MR) is 127 cm³/mol. The van der Waals surface area contributed by atoms with Crippen molar-refractivity contribution in [1.29, 1.82) is 0 Å². The average Bonchev–Trinajstić information content (AvgIpc) is 3.01. The Balaban J connectivity index is -0.000000404. The van der Waals surface area contributed by atoms with Gasteiger partial charge in [0.1, 0.15) is 12.0 Å². The van der Waals surface area contributed by atoms with E-state index in [1.54, 1.807) is 6.92 Å². The summed E-state index contributed by atoms with van der Waals surface area (Å²) in [5.74, 6) is -0.00764. The number of carbonyl (C=O) groups is 2. The molecule has 0 spiro atoms. The average molecular weight is 479 g/mol. The molecule has 0 N–H and O–H groups in total. The van der Waals surface area contributed by atoms with E-state index in [4.69, 9.17) is 13.9 Å². The first-order valence-corrected chi connectivity index (χ1v) is 10.5. The Labute approximate surface area is 199 Å². The largest absolute Gasteiger partial charge is 0.518 e. The van der Waals surface area contributed by atoms with E-state index in [-0.39, 0.29) is 23.7 Å². The van der Waals surface area contributed by atoms with Gasteiger partial charge in [0.2, 0.25) is 0 Å². The molecule has 0 fully saturated rings. The lowest BCUT2D eigenvalue weighted by Crippen LogP contribution is -2.18. The maximum absolute atomic E-state index is 10.6. The molecule has 1 heterocycles. The van der Waals surface area contributed by atoms with Crippen LogP contribution in [0.25, 0.3) is 0 Å². The van der Waals surface area contributed by atoms with E-state index in [0.29, 0.717) is 25.6 Å². The normalized spacial score (nSPS) is 10.9. The molecule has 0 aromatic carbocycles. The fourth-order valence-electron chi connectivity index (χ4n) is 1.64. The third kappa shape index (κ3) is 27.5. The van der Waals surface area contributed by atoms with Crippen molar-refractivity contribution in [3.63, 3.8) is 0 Å². The molecule has 0 bridgehead atoms. The fourth-order valence-corrected chi connectivity index (χ4v) is 1.64. The SMILES string of the molecule is C.CC(C)(C)Cc1coc(=O)o1.CCOC(=O)OCC(C)(C)C.COC(=O)OCC(C)(C)C. The zero-order valence-corrected chi connectivity index (χ0v) is 21.6. The van der Waals surface area contributed by atoms with Crippen LogP contribution in [0, 0.1) is 16.2 Å². The van der Waals surface area contributed by atoms with Gasteiger partial charge in [-0.25, -0.2) is 14.4 Å². The smallest absolute Gasteiger partial charge is 0.438 e. The highest BCUT2D eigenvalue weighted by Gasteiger charge is 2.15. The Hall–Kier alpha value is -2.45. The molecule has 0 atom stereocenters. The summed E-state index contributed by atoms with van der Waals surface area (Å²) in [5, 5.41) is 0. The van der Waals surface area contributed by atoms with Crippen LogP contribution in [0.3, 0.4) is 0 Å². The number of hydrogen-bond donors (Lipinski definition) is 0. The monoisotopic (exact) mass is 478 g/mol. The molecule has 1 rings (SSSR count). The minimum absolute atomic E-state index is 0. The second-order valence-corrected chi connectivity index (χ2v) is 10.6. The Kier molecular flexibility index (Phi) is 17.3. The Morgan fingerprint density at radius 2 is 1.27 bits per heavy atom. The lowest BCUT2D eigenvalue weighted by atomic mass is 9.91.